The van der Waals surface area contributed by atoms with E-state index >= 15 is 0 Å². The fraction of sp³-hybridized carbons (Fsp3) is 0.278. The summed E-state index contributed by atoms with van der Waals surface area (Å²) in [4.78, 5) is 17.9. The number of anilines is 1. The molecule has 0 aliphatic carbocycles. The monoisotopic (exact) mass is 375 g/mol. The third-order valence-corrected chi connectivity index (χ3v) is 5.45. The molecule has 0 amide bonds. The Morgan fingerprint density at radius 3 is 2.72 bits per heavy atom. The molecule has 0 saturated carbocycles. The number of thiophene rings is 1. The van der Waals surface area contributed by atoms with Crippen LogP contribution >= 0.6 is 22.9 Å². The average Bonchev–Trinajstić information content (AvgIpc) is 2.82. The molecule has 2 aromatic rings. The highest BCUT2D eigenvalue weighted by Crippen LogP contribution is 2.36. The van der Waals surface area contributed by atoms with E-state index in [9.17, 15) is 9.90 Å². The Hall–Kier alpha value is -2.18. The zero-order chi connectivity index (χ0) is 18.1. The Balaban J connectivity index is 2.19. The number of nitrogens with zero attached hydrogens (tertiary/aromatic N) is 2. The van der Waals surface area contributed by atoms with E-state index in [-0.39, 0.29) is 6.42 Å². The van der Waals surface area contributed by atoms with Gasteiger partial charge in [-0.2, -0.15) is 0 Å². The average molecular weight is 376 g/mol. The van der Waals surface area contributed by atoms with Crippen LogP contribution in [0.25, 0.3) is 0 Å². The summed E-state index contributed by atoms with van der Waals surface area (Å²) in [6, 6.07) is 6.97. The van der Waals surface area contributed by atoms with E-state index in [1.165, 1.54) is 0 Å². The van der Waals surface area contributed by atoms with Crippen LogP contribution in [0.5, 0.6) is 0 Å². The molecule has 1 aromatic heterocycles. The topological polar surface area (TPSA) is 76.8 Å². The second-order valence-electron chi connectivity index (χ2n) is 6.03. The van der Waals surface area contributed by atoms with Crippen LogP contribution in [0.3, 0.4) is 0 Å². The number of aliphatic carboxylic acids is 1. The van der Waals surface area contributed by atoms with Crippen molar-refractivity contribution in [3.8, 4) is 0 Å². The number of hydrogen-bond donors (Lipinski definition) is 2. The standard InChI is InChI=1S/C18H18ClN3O2S/c1-10-9-25-18-16(10)17(12-3-5-13(19)6-4-12)21-14(7-15(23)24)8-22(18)11(2)20/h3-6,9,14,20H,7-8H2,1-2H3,(H,23,24)/t14-/m0/s1. The van der Waals surface area contributed by atoms with Gasteiger partial charge >= 0.3 is 5.97 Å². The number of aliphatic imine (C=N–C) groups is 1. The number of nitrogens with one attached hydrogen (secondary N) is 1. The highest BCUT2D eigenvalue weighted by Gasteiger charge is 2.29. The summed E-state index contributed by atoms with van der Waals surface area (Å²) in [7, 11) is 0. The maximum Gasteiger partial charge on any atom is 0.305 e. The number of benzene rings is 1. The Morgan fingerprint density at radius 1 is 1.44 bits per heavy atom. The van der Waals surface area contributed by atoms with Gasteiger partial charge in [0.25, 0.3) is 0 Å². The second-order valence-corrected chi connectivity index (χ2v) is 7.33. The second kappa shape index (κ2) is 6.98. The summed E-state index contributed by atoms with van der Waals surface area (Å²) in [6.45, 7) is 4.10. The van der Waals surface area contributed by atoms with Gasteiger partial charge < -0.3 is 10.0 Å². The zero-order valence-electron chi connectivity index (χ0n) is 13.9. The van der Waals surface area contributed by atoms with Crippen LogP contribution in [0.15, 0.2) is 34.6 Å². The van der Waals surface area contributed by atoms with E-state index < -0.39 is 12.0 Å². The molecule has 0 spiro atoms. The molecule has 0 saturated heterocycles. The van der Waals surface area contributed by atoms with Crippen LogP contribution in [-0.2, 0) is 4.79 Å². The number of halogens is 1. The van der Waals surface area contributed by atoms with Crippen LogP contribution < -0.4 is 4.90 Å². The SMILES string of the molecule is CC(=N)N1C[C@H](CC(=O)O)N=C(c2ccc(Cl)cc2)c2c(C)csc21. The van der Waals surface area contributed by atoms with Crippen LogP contribution in [0.2, 0.25) is 5.02 Å². The normalized spacial score (nSPS) is 16.8. The quantitative estimate of drug-likeness (QED) is 0.623. The fourth-order valence-corrected chi connectivity index (χ4v) is 4.17. The summed E-state index contributed by atoms with van der Waals surface area (Å²) >= 11 is 7.56. The van der Waals surface area contributed by atoms with Crippen LogP contribution in [0, 0.1) is 12.3 Å². The molecule has 1 aliphatic rings. The van der Waals surface area contributed by atoms with Crippen LogP contribution in [-0.4, -0.2) is 35.2 Å². The van der Waals surface area contributed by atoms with Gasteiger partial charge in [0.05, 0.1) is 24.0 Å². The molecular weight excluding hydrogens is 358 g/mol. The minimum absolute atomic E-state index is 0.0745. The van der Waals surface area contributed by atoms with E-state index in [4.69, 9.17) is 22.0 Å². The molecule has 0 radical (unpaired) electrons. The van der Waals surface area contributed by atoms with Gasteiger partial charge in [-0.1, -0.05) is 23.7 Å². The molecule has 5 nitrogen and oxygen atoms in total. The van der Waals surface area contributed by atoms with Crippen molar-refractivity contribution >= 4 is 45.5 Å². The minimum atomic E-state index is -0.895. The highest BCUT2D eigenvalue weighted by atomic mass is 35.5. The molecule has 3 rings (SSSR count). The van der Waals surface area contributed by atoms with E-state index in [0.29, 0.717) is 17.4 Å². The molecular formula is C18H18ClN3O2S. The van der Waals surface area contributed by atoms with Crippen LogP contribution in [0.4, 0.5) is 5.00 Å². The largest absolute Gasteiger partial charge is 0.481 e. The molecule has 1 atom stereocenters. The van der Waals surface area contributed by atoms with E-state index in [2.05, 4.69) is 0 Å². The van der Waals surface area contributed by atoms with Crippen molar-refractivity contribution in [3.63, 3.8) is 0 Å². The molecule has 1 aliphatic heterocycles. The number of carboxylic acid groups (broad SMARTS) is 1. The molecule has 0 fully saturated rings. The molecule has 2 N–H and O–H groups in total. The number of carboxylic acids is 1. The first kappa shape index (κ1) is 17.6. The van der Waals surface area contributed by atoms with Gasteiger partial charge in [0.1, 0.15) is 5.00 Å². The molecule has 2 heterocycles. The third kappa shape index (κ3) is 3.60. The van der Waals surface area contributed by atoms with Gasteiger partial charge in [-0.25, -0.2) is 0 Å². The Bertz CT molecular complexity index is 858. The lowest BCUT2D eigenvalue weighted by molar-refractivity contribution is -0.137. The van der Waals surface area contributed by atoms with Gasteiger partial charge in [0.15, 0.2) is 0 Å². The van der Waals surface area contributed by atoms with Crippen molar-refractivity contribution in [2.24, 2.45) is 4.99 Å². The van der Waals surface area contributed by atoms with E-state index in [1.54, 1.807) is 30.4 Å². The van der Waals surface area contributed by atoms with Gasteiger partial charge in [-0.05, 0) is 36.9 Å². The first-order chi connectivity index (χ1) is 11.9. The lowest BCUT2D eigenvalue weighted by Gasteiger charge is -2.23. The summed E-state index contributed by atoms with van der Waals surface area (Å²) in [5, 5.41) is 21.0. The third-order valence-electron chi connectivity index (χ3n) is 4.08. The van der Waals surface area contributed by atoms with Gasteiger partial charge in [0, 0.05) is 22.7 Å². The van der Waals surface area contributed by atoms with E-state index in [1.807, 2.05) is 29.3 Å². The number of hydrogen-bond acceptors (Lipinski definition) is 4. The van der Waals surface area contributed by atoms with Crippen LogP contribution in [0.1, 0.15) is 30.0 Å². The maximum absolute atomic E-state index is 11.3. The van der Waals surface area contributed by atoms with Crippen molar-refractivity contribution in [1.29, 1.82) is 5.41 Å². The lowest BCUT2D eigenvalue weighted by atomic mass is 10.0. The van der Waals surface area contributed by atoms with Crippen molar-refractivity contribution in [3.05, 3.63) is 51.4 Å². The Morgan fingerprint density at radius 2 is 2.12 bits per heavy atom. The van der Waals surface area contributed by atoms with Gasteiger partial charge in [-0.3, -0.25) is 15.2 Å². The fourth-order valence-electron chi connectivity index (χ4n) is 2.93. The molecule has 25 heavy (non-hydrogen) atoms. The Kier molecular flexibility index (Phi) is 4.92. The predicted molar refractivity (Wildman–Crippen MR) is 103 cm³/mol. The van der Waals surface area contributed by atoms with Crippen molar-refractivity contribution < 1.29 is 9.90 Å². The van der Waals surface area contributed by atoms with E-state index in [0.717, 1.165) is 27.4 Å². The molecule has 130 valence electrons. The maximum atomic E-state index is 11.3. The summed E-state index contributed by atoms with van der Waals surface area (Å²) < 4.78 is 0. The zero-order valence-corrected chi connectivity index (χ0v) is 15.5. The summed E-state index contributed by atoms with van der Waals surface area (Å²) in [5.41, 5.74) is 3.69. The van der Waals surface area contributed by atoms with Crippen molar-refractivity contribution in [2.45, 2.75) is 26.3 Å². The molecule has 1 aromatic carbocycles. The summed E-state index contributed by atoms with van der Waals surface area (Å²) in [6.07, 6.45) is -0.0745. The number of fused-ring (bicyclic) bond motifs is 1. The number of carbonyl (C=O) groups is 1. The number of aryl methyl sites for hydroxylation is 1. The van der Waals surface area contributed by atoms with Crippen molar-refractivity contribution in [2.75, 3.05) is 11.4 Å². The number of amidine groups is 1. The molecule has 0 bridgehead atoms. The van der Waals surface area contributed by atoms with Gasteiger partial charge in [-0.15, -0.1) is 11.3 Å². The first-order valence-corrected chi connectivity index (χ1v) is 9.09. The minimum Gasteiger partial charge on any atom is -0.481 e. The first-order valence-electron chi connectivity index (χ1n) is 7.83. The number of rotatable bonds is 3. The van der Waals surface area contributed by atoms with Crippen molar-refractivity contribution in [1.82, 2.24) is 0 Å². The lowest BCUT2D eigenvalue weighted by Crippen LogP contribution is -2.34. The highest BCUT2D eigenvalue weighted by molar-refractivity contribution is 7.15. The summed E-state index contributed by atoms with van der Waals surface area (Å²) in [5.74, 6) is -0.514. The Labute approximate surface area is 155 Å². The molecule has 0 unspecified atom stereocenters. The predicted octanol–water partition coefficient (Wildman–Crippen LogP) is 4.21. The smallest absolute Gasteiger partial charge is 0.305 e. The molecule has 7 heteroatoms. The van der Waals surface area contributed by atoms with Gasteiger partial charge in [0.2, 0.25) is 0 Å².